The van der Waals surface area contributed by atoms with E-state index < -0.39 is 12.2 Å². The highest BCUT2D eigenvalue weighted by Crippen LogP contribution is 2.46. The van der Waals surface area contributed by atoms with Gasteiger partial charge in [-0.1, -0.05) is 44.1 Å². The van der Waals surface area contributed by atoms with E-state index in [0.29, 0.717) is 37.1 Å². The van der Waals surface area contributed by atoms with E-state index in [1.54, 1.807) is 0 Å². The van der Waals surface area contributed by atoms with Crippen LogP contribution in [0.15, 0.2) is 23.5 Å². The number of H-pyrrole nitrogens is 1. The fourth-order valence-electron chi connectivity index (χ4n) is 4.51. The van der Waals surface area contributed by atoms with Crippen molar-refractivity contribution in [2.45, 2.75) is 83.5 Å². The molecule has 6 atom stereocenters. The van der Waals surface area contributed by atoms with Crippen molar-refractivity contribution in [3.8, 4) is 6.07 Å². The van der Waals surface area contributed by atoms with Gasteiger partial charge in [0.2, 0.25) is 0 Å². The van der Waals surface area contributed by atoms with E-state index in [9.17, 15) is 15.5 Å². The minimum absolute atomic E-state index is 0.0557. The van der Waals surface area contributed by atoms with Gasteiger partial charge in [-0.25, -0.2) is 0 Å². The number of aryl methyl sites for hydroxylation is 1. The van der Waals surface area contributed by atoms with Crippen LogP contribution in [0.2, 0.25) is 0 Å². The number of aromatic nitrogens is 4. The van der Waals surface area contributed by atoms with Gasteiger partial charge in [0.15, 0.2) is 5.82 Å². The minimum atomic E-state index is -0.500. The summed E-state index contributed by atoms with van der Waals surface area (Å²) in [6, 6.07) is 2.29. The van der Waals surface area contributed by atoms with Gasteiger partial charge >= 0.3 is 0 Å². The standard InChI is InChI=1S/C22H33N5O3/c1-3-4-6-14(2)18(28)10-9-16-17-11-20(30-21(17)12-19(16)29)15(13-23)7-5-8-22-24-26-27-25-22/h9-10,14,16-19,21,28-29H,3-8,11-12H2,1-2H3,(H,24,25,26,27)/b10-9+,20-15+/t14?,16-,17-,18+,19-,21+/m1/s1. The highest BCUT2D eigenvalue weighted by Gasteiger charge is 2.47. The molecule has 3 rings (SSSR count). The number of aromatic amines is 1. The molecule has 164 valence electrons. The summed E-state index contributed by atoms with van der Waals surface area (Å²) >= 11 is 0. The van der Waals surface area contributed by atoms with Crippen molar-refractivity contribution in [3.05, 3.63) is 29.3 Å². The first kappa shape index (κ1) is 22.4. The largest absolute Gasteiger partial charge is 0.493 e. The first-order valence-electron chi connectivity index (χ1n) is 11.1. The van der Waals surface area contributed by atoms with E-state index in [0.717, 1.165) is 31.4 Å². The number of nitrogens with zero attached hydrogens (tertiary/aromatic N) is 4. The van der Waals surface area contributed by atoms with Crippen molar-refractivity contribution < 1.29 is 14.9 Å². The second-order valence-electron chi connectivity index (χ2n) is 8.59. The maximum atomic E-state index is 10.5. The Bertz CT molecular complexity index is 770. The van der Waals surface area contributed by atoms with Gasteiger partial charge in [0.25, 0.3) is 0 Å². The SMILES string of the molecule is CCCCC(C)[C@@H](O)/C=C/[C@@H]1[C@H]2C/C(=C(\C#N)CCCc3nn[nH]n3)O[C@H]2C[C@H]1O. The van der Waals surface area contributed by atoms with Gasteiger partial charge in [-0.3, -0.25) is 0 Å². The third kappa shape index (κ3) is 5.46. The van der Waals surface area contributed by atoms with E-state index in [4.69, 9.17) is 4.74 Å². The van der Waals surface area contributed by atoms with Crippen molar-refractivity contribution in [2.75, 3.05) is 0 Å². The van der Waals surface area contributed by atoms with Crippen molar-refractivity contribution >= 4 is 0 Å². The summed E-state index contributed by atoms with van der Waals surface area (Å²) in [7, 11) is 0. The molecule has 1 aromatic rings. The zero-order valence-corrected chi connectivity index (χ0v) is 17.9. The Hall–Kier alpha value is -2.24. The molecule has 2 aliphatic rings. The molecule has 8 heteroatoms. The molecule has 8 nitrogen and oxygen atoms in total. The zero-order valence-electron chi connectivity index (χ0n) is 17.9. The lowest BCUT2D eigenvalue weighted by Gasteiger charge is -2.18. The predicted molar refractivity (Wildman–Crippen MR) is 111 cm³/mol. The van der Waals surface area contributed by atoms with Gasteiger partial charge in [-0.15, -0.1) is 10.2 Å². The van der Waals surface area contributed by atoms with E-state index >= 15 is 0 Å². The van der Waals surface area contributed by atoms with Crippen molar-refractivity contribution in [2.24, 2.45) is 17.8 Å². The first-order valence-corrected chi connectivity index (χ1v) is 11.1. The molecular formula is C22H33N5O3. The Labute approximate surface area is 178 Å². The van der Waals surface area contributed by atoms with E-state index in [1.165, 1.54) is 0 Å². The molecule has 1 aliphatic heterocycles. The van der Waals surface area contributed by atoms with Crippen LogP contribution in [0.3, 0.4) is 0 Å². The quantitative estimate of drug-likeness (QED) is 0.396. The number of hydrogen-bond donors (Lipinski definition) is 3. The third-order valence-corrected chi connectivity index (χ3v) is 6.42. The Balaban J connectivity index is 1.59. The van der Waals surface area contributed by atoms with Crippen LogP contribution in [0, 0.1) is 29.1 Å². The second-order valence-corrected chi connectivity index (χ2v) is 8.59. The monoisotopic (exact) mass is 415 g/mol. The summed E-state index contributed by atoms with van der Waals surface area (Å²) in [6.45, 7) is 4.21. The summed E-state index contributed by atoms with van der Waals surface area (Å²) in [5.74, 6) is 1.68. The number of aliphatic hydroxyl groups is 2. The highest BCUT2D eigenvalue weighted by atomic mass is 16.5. The Morgan fingerprint density at radius 2 is 2.27 bits per heavy atom. The van der Waals surface area contributed by atoms with Crippen LogP contribution in [-0.4, -0.2) is 49.1 Å². The number of allylic oxidation sites excluding steroid dienone is 2. The molecule has 1 unspecified atom stereocenters. The molecule has 1 saturated carbocycles. The number of aliphatic hydroxyl groups excluding tert-OH is 2. The number of tetrazole rings is 1. The number of nitrogens with one attached hydrogen (secondary N) is 1. The number of unbranched alkanes of at least 4 members (excludes halogenated alkanes) is 1. The lowest BCUT2D eigenvalue weighted by molar-refractivity contribution is 0.110. The minimum Gasteiger partial charge on any atom is -0.493 e. The molecule has 2 heterocycles. The lowest BCUT2D eigenvalue weighted by atomic mass is 9.89. The van der Waals surface area contributed by atoms with Gasteiger partial charge < -0.3 is 14.9 Å². The fraction of sp³-hybridized carbons (Fsp3) is 0.727. The van der Waals surface area contributed by atoms with E-state index in [-0.39, 0.29) is 23.9 Å². The third-order valence-electron chi connectivity index (χ3n) is 6.42. The summed E-state index contributed by atoms with van der Waals surface area (Å²) in [5.41, 5.74) is 0.665. The molecule has 1 saturated heterocycles. The molecule has 2 fully saturated rings. The molecule has 3 N–H and O–H groups in total. The fourth-order valence-corrected chi connectivity index (χ4v) is 4.51. The van der Waals surface area contributed by atoms with Gasteiger partial charge in [0, 0.05) is 31.1 Å². The number of rotatable bonds is 10. The lowest BCUT2D eigenvalue weighted by Crippen LogP contribution is -2.20. The normalized spacial score (nSPS) is 29.4. The Kier molecular flexibility index (Phi) is 8.00. The van der Waals surface area contributed by atoms with Crippen LogP contribution in [-0.2, 0) is 11.2 Å². The maximum Gasteiger partial charge on any atom is 0.174 e. The van der Waals surface area contributed by atoms with Crippen molar-refractivity contribution in [3.63, 3.8) is 0 Å². The number of ether oxygens (including phenoxy) is 1. The van der Waals surface area contributed by atoms with Gasteiger partial charge in [-0.05, 0) is 25.2 Å². The number of fused-ring (bicyclic) bond motifs is 1. The number of hydrogen-bond acceptors (Lipinski definition) is 7. The molecule has 0 bridgehead atoms. The molecule has 30 heavy (non-hydrogen) atoms. The van der Waals surface area contributed by atoms with Crippen LogP contribution in [0.5, 0.6) is 0 Å². The summed E-state index contributed by atoms with van der Waals surface area (Å²) in [6.07, 6.45) is 9.21. The van der Waals surface area contributed by atoms with Gasteiger partial charge in [0.05, 0.1) is 23.9 Å². The second kappa shape index (κ2) is 10.7. The predicted octanol–water partition coefficient (Wildman–Crippen LogP) is 2.83. The Morgan fingerprint density at radius 1 is 1.43 bits per heavy atom. The zero-order chi connectivity index (χ0) is 21.5. The topological polar surface area (TPSA) is 128 Å². The summed E-state index contributed by atoms with van der Waals surface area (Å²) in [4.78, 5) is 0. The van der Waals surface area contributed by atoms with E-state index in [1.807, 2.05) is 12.2 Å². The molecule has 1 aliphatic carbocycles. The van der Waals surface area contributed by atoms with Crippen LogP contribution < -0.4 is 0 Å². The maximum absolute atomic E-state index is 10.5. The summed E-state index contributed by atoms with van der Waals surface area (Å²) < 4.78 is 6.09. The van der Waals surface area contributed by atoms with Crippen molar-refractivity contribution in [1.82, 2.24) is 20.6 Å². The average Bonchev–Trinajstić information content (AvgIpc) is 3.45. The molecule has 0 amide bonds. The number of nitriles is 1. The van der Waals surface area contributed by atoms with Gasteiger partial charge in [0.1, 0.15) is 11.9 Å². The van der Waals surface area contributed by atoms with Crippen LogP contribution >= 0.6 is 0 Å². The molecule has 0 aromatic carbocycles. The van der Waals surface area contributed by atoms with Crippen LogP contribution in [0.1, 0.15) is 64.6 Å². The first-order chi connectivity index (χ1) is 14.5. The molecule has 1 aromatic heterocycles. The average molecular weight is 416 g/mol. The molecule has 0 radical (unpaired) electrons. The van der Waals surface area contributed by atoms with Crippen LogP contribution in [0.25, 0.3) is 0 Å². The molecule has 0 spiro atoms. The smallest absolute Gasteiger partial charge is 0.174 e. The van der Waals surface area contributed by atoms with E-state index in [2.05, 4.69) is 40.5 Å². The highest BCUT2D eigenvalue weighted by molar-refractivity contribution is 5.28. The van der Waals surface area contributed by atoms with Gasteiger partial charge in [-0.2, -0.15) is 10.5 Å². The summed E-state index contributed by atoms with van der Waals surface area (Å²) in [5, 5.41) is 44.3. The van der Waals surface area contributed by atoms with Crippen LogP contribution in [0.4, 0.5) is 0 Å². The molecular weight excluding hydrogens is 382 g/mol. The Morgan fingerprint density at radius 3 is 2.97 bits per heavy atom. The van der Waals surface area contributed by atoms with Crippen molar-refractivity contribution in [1.29, 1.82) is 5.26 Å².